The van der Waals surface area contributed by atoms with Crippen LogP contribution in [0.1, 0.15) is 39.0 Å². The van der Waals surface area contributed by atoms with Crippen LogP contribution in [-0.2, 0) is 10.0 Å². The lowest BCUT2D eigenvalue weighted by molar-refractivity contribution is 0.113. The Kier molecular flexibility index (Phi) is 6.06. The van der Waals surface area contributed by atoms with Crippen LogP contribution in [0.4, 0.5) is 0 Å². The third-order valence-electron chi connectivity index (χ3n) is 3.55. The van der Waals surface area contributed by atoms with Gasteiger partial charge in [-0.25, -0.2) is 8.42 Å². The van der Waals surface area contributed by atoms with Gasteiger partial charge >= 0.3 is 0 Å². The molecule has 0 bridgehead atoms. The zero-order valence-electron chi connectivity index (χ0n) is 10.9. The lowest BCUT2D eigenvalue weighted by Crippen LogP contribution is -2.50. The largest absolute Gasteiger partial charge is 0.395 e. The fraction of sp³-hybridized carbons (Fsp3) is 0.917. The van der Waals surface area contributed by atoms with E-state index >= 15 is 0 Å². The molecule has 1 saturated heterocycles. The second-order valence-electron chi connectivity index (χ2n) is 4.91. The molecular formula is C12H22N2O3S. The van der Waals surface area contributed by atoms with Gasteiger partial charge < -0.3 is 5.11 Å². The van der Waals surface area contributed by atoms with Gasteiger partial charge in [0.1, 0.15) is 0 Å². The van der Waals surface area contributed by atoms with Gasteiger partial charge in [0.25, 0.3) is 0 Å². The van der Waals surface area contributed by atoms with Crippen LogP contribution in [-0.4, -0.2) is 42.8 Å². The first-order valence-electron chi connectivity index (χ1n) is 6.50. The summed E-state index contributed by atoms with van der Waals surface area (Å²) in [7, 11) is -3.29. The normalized spacial score (nSPS) is 25.8. The number of hydrogen-bond donors (Lipinski definition) is 1. The van der Waals surface area contributed by atoms with Crippen molar-refractivity contribution in [2.75, 3.05) is 18.9 Å². The van der Waals surface area contributed by atoms with Crippen molar-refractivity contribution in [2.24, 2.45) is 5.92 Å². The minimum absolute atomic E-state index is 0.0813. The van der Waals surface area contributed by atoms with Crippen LogP contribution in [0, 0.1) is 17.2 Å². The second-order valence-corrected chi connectivity index (χ2v) is 6.95. The molecule has 0 aromatic rings. The molecule has 1 aliphatic rings. The van der Waals surface area contributed by atoms with E-state index in [1.165, 1.54) is 4.31 Å². The molecule has 0 aromatic carbocycles. The van der Waals surface area contributed by atoms with E-state index in [1.54, 1.807) is 0 Å². The standard InChI is InChI=1S/C12H22N2O3S/c1-11-6-5-8-14(12(11)10-15)18(16,17)9-4-2-3-7-13/h11-12,15H,2-6,8-10H2,1H3. The van der Waals surface area contributed by atoms with Crippen molar-refractivity contribution in [1.29, 1.82) is 5.26 Å². The van der Waals surface area contributed by atoms with Crippen LogP contribution in [0.25, 0.3) is 0 Å². The Morgan fingerprint density at radius 3 is 2.78 bits per heavy atom. The maximum atomic E-state index is 12.2. The molecule has 0 radical (unpaired) electrons. The number of sulfonamides is 1. The van der Waals surface area contributed by atoms with Crippen LogP contribution >= 0.6 is 0 Å². The topological polar surface area (TPSA) is 81.4 Å². The fourth-order valence-electron chi connectivity index (χ4n) is 2.43. The molecule has 2 unspecified atom stereocenters. The molecule has 0 spiro atoms. The molecule has 1 N–H and O–H groups in total. The molecule has 18 heavy (non-hydrogen) atoms. The molecule has 2 atom stereocenters. The van der Waals surface area contributed by atoms with Crippen molar-refractivity contribution >= 4 is 10.0 Å². The van der Waals surface area contributed by atoms with E-state index in [-0.39, 0.29) is 24.3 Å². The highest BCUT2D eigenvalue weighted by molar-refractivity contribution is 7.89. The monoisotopic (exact) mass is 274 g/mol. The minimum atomic E-state index is -3.29. The third-order valence-corrected chi connectivity index (χ3v) is 5.52. The highest BCUT2D eigenvalue weighted by Crippen LogP contribution is 2.26. The molecule has 1 aliphatic heterocycles. The Morgan fingerprint density at radius 1 is 1.44 bits per heavy atom. The highest BCUT2D eigenvalue weighted by atomic mass is 32.2. The highest BCUT2D eigenvalue weighted by Gasteiger charge is 2.35. The van der Waals surface area contributed by atoms with Crippen LogP contribution in [0.2, 0.25) is 0 Å². The van der Waals surface area contributed by atoms with E-state index in [9.17, 15) is 13.5 Å². The first-order chi connectivity index (χ1) is 8.53. The zero-order valence-corrected chi connectivity index (χ0v) is 11.7. The van der Waals surface area contributed by atoms with Gasteiger partial charge in [-0.3, -0.25) is 0 Å². The lowest BCUT2D eigenvalue weighted by atomic mass is 9.93. The quantitative estimate of drug-likeness (QED) is 0.735. The number of piperidine rings is 1. The van der Waals surface area contributed by atoms with Crippen LogP contribution in [0.15, 0.2) is 0 Å². The summed E-state index contributed by atoms with van der Waals surface area (Å²) in [6.07, 6.45) is 3.35. The van der Waals surface area contributed by atoms with E-state index in [1.807, 2.05) is 13.0 Å². The van der Waals surface area contributed by atoms with E-state index in [2.05, 4.69) is 0 Å². The predicted octanol–water partition coefficient (Wildman–Crippen LogP) is 1.10. The van der Waals surface area contributed by atoms with Gasteiger partial charge in [-0.1, -0.05) is 6.92 Å². The summed E-state index contributed by atoms with van der Waals surface area (Å²) in [5.41, 5.74) is 0. The van der Waals surface area contributed by atoms with Gasteiger partial charge in [-0.2, -0.15) is 9.57 Å². The summed E-state index contributed by atoms with van der Waals surface area (Å²) in [5.74, 6) is 0.287. The SMILES string of the molecule is CC1CCCN(S(=O)(=O)CCCCC#N)C1CO. The minimum Gasteiger partial charge on any atom is -0.395 e. The second kappa shape index (κ2) is 7.07. The van der Waals surface area contributed by atoms with Crippen molar-refractivity contribution in [3.05, 3.63) is 0 Å². The zero-order chi connectivity index (χ0) is 13.6. The molecule has 0 aliphatic carbocycles. The summed E-state index contributed by atoms with van der Waals surface area (Å²) >= 11 is 0. The average molecular weight is 274 g/mol. The van der Waals surface area contributed by atoms with Crippen molar-refractivity contribution in [3.63, 3.8) is 0 Å². The van der Waals surface area contributed by atoms with Gasteiger partial charge in [-0.15, -0.1) is 0 Å². The van der Waals surface area contributed by atoms with Crippen molar-refractivity contribution in [1.82, 2.24) is 4.31 Å². The molecule has 1 rings (SSSR count). The number of nitrogens with zero attached hydrogens (tertiary/aromatic N) is 2. The van der Waals surface area contributed by atoms with Crippen molar-refractivity contribution in [3.8, 4) is 6.07 Å². The first-order valence-corrected chi connectivity index (χ1v) is 8.11. The van der Waals surface area contributed by atoms with Gasteiger partial charge in [-0.05, 0) is 31.6 Å². The van der Waals surface area contributed by atoms with Crippen LogP contribution < -0.4 is 0 Å². The maximum absolute atomic E-state index is 12.2. The molecule has 0 aromatic heterocycles. The number of nitriles is 1. The van der Waals surface area contributed by atoms with E-state index in [0.29, 0.717) is 25.8 Å². The van der Waals surface area contributed by atoms with E-state index in [0.717, 1.165) is 12.8 Å². The van der Waals surface area contributed by atoms with Crippen LogP contribution in [0.5, 0.6) is 0 Å². The molecule has 0 amide bonds. The Hall–Kier alpha value is -0.640. The third kappa shape index (κ3) is 3.94. The molecule has 1 heterocycles. The summed E-state index contributed by atoms with van der Waals surface area (Å²) < 4.78 is 25.9. The molecular weight excluding hydrogens is 252 g/mol. The summed E-state index contributed by atoms with van der Waals surface area (Å²) in [5, 5.41) is 17.8. The van der Waals surface area contributed by atoms with Gasteiger partial charge in [0, 0.05) is 13.0 Å². The van der Waals surface area contributed by atoms with Crippen LogP contribution in [0.3, 0.4) is 0 Å². The van der Waals surface area contributed by atoms with Gasteiger partial charge in [0.05, 0.1) is 24.5 Å². The number of rotatable bonds is 6. The Morgan fingerprint density at radius 2 is 2.17 bits per heavy atom. The fourth-order valence-corrected chi connectivity index (χ4v) is 4.33. The smallest absolute Gasteiger partial charge is 0.214 e. The molecule has 6 heteroatoms. The molecule has 1 fully saturated rings. The Bertz CT molecular complexity index is 389. The number of aliphatic hydroxyl groups excluding tert-OH is 1. The summed E-state index contributed by atoms with van der Waals surface area (Å²) in [6, 6.07) is 1.73. The average Bonchev–Trinajstić information content (AvgIpc) is 2.34. The lowest BCUT2D eigenvalue weighted by Gasteiger charge is -2.37. The first kappa shape index (κ1) is 15.4. The summed E-state index contributed by atoms with van der Waals surface area (Å²) in [4.78, 5) is 0. The number of hydrogen-bond acceptors (Lipinski definition) is 4. The Balaban J connectivity index is 2.62. The molecule has 5 nitrogen and oxygen atoms in total. The van der Waals surface area contributed by atoms with E-state index < -0.39 is 10.0 Å². The van der Waals surface area contributed by atoms with Crippen molar-refractivity contribution in [2.45, 2.75) is 45.1 Å². The molecule has 0 saturated carbocycles. The Labute approximate surface area is 109 Å². The molecule has 104 valence electrons. The van der Waals surface area contributed by atoms with Gasteiger partial charge in [0.15, 0.2) is 0 Å². The number of unbranched alkanes of at least 4 members (excludes halogenated alkanes) is 2. The van der Waals surface area contributed by atoms with Gasteiger partial charge in [0.2, 0.25) is 10.0 Å². The van der Waals surface area contributed by atoms with E-state index in [4.69, 9.17) is 5.26 Å². The number of aliphatic hydroxyl groups is 1. The predicted molar refractivity (Wildman–Crippen MR) is 69.2 cm³/mol. The summed E-state index contributed by atoms with van der Waals surface area (Å²) in [6.45, 7) is 2.38. The van der Waals surface area contributed by atoms with Crippen molar-refractivity contribution < 1.29 is 13.5 Å². The maximum Gasteiger partial charge on any atom is 0.214 e.